The summed E-state index contributed by atoms with van der Waals surface area (Å²) in [4.78, 5) is 2.48. The van der Waals surface area contributed by atoms with Gasteiger partial charge in [-0.3, -0.25) is 4.90 Å². The van der Waals surface area contributed by atoms with Gasteiger partial charge in [0.15, 0.2) is 0 Å². The number of hydrogen-bond acceptors (Lipinski definition) is 4. The summed E-state index contributed by atoms with van der Waals surface area (Å²) in [5, 5.41) is 12.3. The predicted octanol–water partition coefficient (Wildman–Crippen LogP) is 3.57. The first-order valence-corrected chi connectivity index (χ1v) is 10.5. The Balaban J connectivity index is 1.37. The van der Waals surface area contributed by atoms with E-state index in [-0.39, 0.29) is 5.82 Å². The highest BCUT2D eigenvalue weighted by molar-refractivity contribution is 5.67. The molecule has 1 aromatic heterocycles. The lowest BCUT2D eigenvalue weighted by atomic mass is 9.94. The Morgan fingerprint density at radius 1 is 1.00 bits per heavy atom. The Hall–Kier alpha value is -2.57. The second kappa shape index (κ2) is 8.05. The van der Waals surface area contributed by atoms with E-state index in [9.17, 15) is 4.39 Å². The van der Waals surface area contributed by atoms with E-state index in [0.29, 0.717) is 11.5 Å². The van der Waals surface area contributed by atoms with Crippen molar-refractivity contribution in [1.82, 2.24) is 25.0 Å². The van der Waals surface area contributed by atoms with Gasteiger partial charge in [0.1, 0.15) is 17.5 Å². The molecule has 1 saturated heterocycles. The number of likely N-dealkylation sites (tertiary alicyclic amines) is 1. The molecule has 3 heterocycles. The van der Waals surface area contributed by atoms with Crippen molar-refractivity contribution in [2.45, 2.75) is 38.4 Å². The van der Waals surface area contributed by atoms with E-state index in [1.807, 2.05) is 30.3 Å². The van der Waals surface area contributed by atoms with Crippen molar-refractivity contribution in [2.75, 3.05) is 19.6 Å². The van der Waals surface area contributed by atoms with Crippen molar-refractivity contribution in [3.63, 3.8) is 0 Å². The first-order valence-electron chi connectivity index (χ1n) is 10.5. The molecule has 29 heavy (non-hydrogen) atoms. The van der Waals surface area contributed by atoms with E-state index in [2.05, 4.69) is 31.0 Å². The van der Waals surface area contributed by atoms with E-state index in [0.717, 1.165) is 69.3 Å². The topological polar surface area (TPSA) is 46.0 Å². The van der Waals surface area contributed by atoms with Crippen LogP contribution in [0.2, 0.25) is 0 Å². The maximum atomic E-state index is 14.4. The minimum Gasteiger partial charge on any atom is -0.312 e. The van der Waals surface area contributed by atoms with Crippen LogP contribution < -0.4 is 5.32 Å². The molecule has 0 bridgehead atoms. The lowest BCUT2D eigenvalue weighted by Crippen LogP contribution is -2.36. The van der Waals surface area contributed by atoms with Crippen LogP contribution in [0.3, 0.4) is 0 Å². The summed E-state index contributed by atoms with van der Waals surface area (Å²) in [6.45, 7) is 5.58. The second-order valence-electron chi connectivity index (χ2n) is 8.01. The first-order chi connectivity index (χ1) is 14.3. The maximum Gasteiger partial charge on any atom is 0.147 e. The summed E-state index contributed by atoms with van der Waals surface area (Å²) in [5.41, 5.74) is 2.83. The SMILES string of the molecule is Fc1ccccc1-c1ccccc1CN1CCC[C@H](c2nnc3n2CCNC3)C1. The van der Waals surface area contributed by atoms with Crippen LogP contribution in [0.1, 0.15) is 36.0 Å². The van der Waals surface area contributed by atoms with Crippen molar-refractivity contribution in [1.29, 1.82) is 0 Å². The van der Waals surface area contributed by atoms with E-state index in [4.69, 9.17) is 0 Å². The molecule has 5 rings (SSSR count). The van der Waals surface area contributed by atoms with Gasteiger partial charge in [0.25, 0.3) is 0 Å². The van der Waals surface area contributed by atoms with Gasteiger partial charge in [0.2, 0.25) is 0 Å². The van der Waals surface area contributed by atoms with Crippen LogP contribution in [0.5, 0.6) is 0 Å². The minimum absolute atomic E-state index is 0.167. The van der Waals surface area contributed by atoms with E-state index in [1.54, 1.807) is 6.07 Å². The highest BCUT2D eigenvalue weighted by atomic mass is 19.1. The summed E-state index contributed by atoms with van der Waals surface area (Å²) < 4.78 is 16.7. The number of hydrogen-bond donors (Lipinski definition) is 1. The van der Waals surface area contributed by atoms with Crippen LogP contribution in [-0.4, -0.2) is 39.3 Å². The third-order valence-corrected chi connectivity index (χ3v) is 6.10. The van der Waals surface area contributed by atoms with Gasteiger partial charge < -0.3 is 9.88 Å². The Bertz CT molecular complexity index is 998. The van der Waals surface area contributed by atoms with Crippen LogP contribution in [0.15, 0.2) is 48.5 Å². The van der Waals surface area contributed by atoms with Gasteiger partial charge in [0, 0.05) is 37.7 Å². The second-order valence-corrected chi connectivity index (χ2v) is 8.01. The number of rotatable bonds is 4. The molecule has 0 aliphatic carbocycles. The number of benzene rings is 2. The maximum absolute atomic E-state index is 14.4. The number of piperidine rings is 1. The number of aromatic nitrogens is 3. The van der Waals surface area contributed by atoms with Gasteiger partial charge in [-0.2, -0.15) is 0 Å². The van der Waals surface area contributed by atoms with Gasteiger partial charge in [-0.05, 0) is 36.6 Å². The smallest absolute Gasteiger partial charge is 0.147 e. The summed E-state index contributed by atoms with van der Waals surface area (Å²) in [6.07, 6.45) is 2.30. The molecule has 0 unspecified atom stereocenters. The highest BCUT2D eigenvalue weighted by Gasteiger charge is 2.28. The fourth-order valence-electron chi connectivity index (χ4n) is 4.67. The van der Waals surface area contributed by atoms with Crippen LogP contribution in [-0.2, 0) is 19.6 Å². The monoisotopic (exact) mass is 391 g/mol. The Morgan fingerprint density at radius 3 is 2.72 bits per heavy atom. The molecule has 0 spiro atoms. The van der Waals surface area contributed by atoms with Crippen LogP contribution in [0, 0.1) is 5.82 Å². The molecule has 2 aromatic carbocycles. The summed E-state index contributed by atoms with van der Waals surface area (Å²) >= 11 is 0. The molecule has 0 radical (unpaired) electrons. The van der Waals surface area contributed by atoms with E-state index < -0.39 is 0 Å². The lowest BCUT2D eigenvalue weighted by molar-refractivity contribution is 0.194. The summed E-state index contributed by atoms with van der Waals surface area (Å²) in [7, 11) is 0. The predicted molar refractivity (Wildman–Crippen MR) is 111 cm³/mol. The molecule has 2 aliphatic rings. The van der Waals surface area contributed by atoms with Gasteiger partial charge in [-0.15, -0.1) is 10.2 Å². The molecule has 5 nitrogen and oxygen atoms in total. The fourth-order valence-corrected chi connectivity index (χ4v) is 4.67. The van der Waals surface area contributed by atoms with Gasteiger partial charge in [-0.25, -0.2) is 4.39 Å². The molecule has 2 aliphatic heterocycles. The van der Waals surface area contributed by atoms with Crippen molar-refractivity contribution in [2.24, 2.45) is 0 Å². The largest absolute Gasteiger partial charge is 0.312 e. The molecular weight excluding hydrogens is 365 g/mol. The number of nitrogens with zero attached hydrogens (tertiary/aromatic N) is 4. The zero-order valence-corrected chi connectivity index (χ0v) is 16.5. The number of fused-ring (bicyclic) bond motifs is 1. The highest BCUT2D eigenvalue weighted by Crippen LogP contribution is 2.31. The molecule has 1 N–H and O–H groups in total. The Labute approximate surface area is 170 Å². The summed E-state index contributed by atoms with van der Waals surface area (Å²) in [6, 6.07) is 15.2. The molecule has 150 valence electrons. The first kappa shape index (κ1) is 18.5. The van der Waals surface area contributed by atoms with Gasteiger partial charge in [0.05, 0.1) is 6.54 Å². The van der Waals surface area contributed by atoms with Gasteiger partial charge >= 0.3 is 0 Å². The van der Waals surface area contributed by atoms with Crippen molar-refractivity contribution in [3.8, 4) is 11.1 Å². The molecule has 0 amide bonds. The molecule has 6 heteroatoms. The third kappa shape index (κ3) is 3.70. The van der Waals surface area contributed by atoms with Gasteiger partial charge in [-0.1, -0.05) is 42.5 Å². The van der Waals surface area contributed by atoms with E-state index in [1.165, 1.54) is 11.6 Å². The zero-order valence-electron chi connectivity index (χ0n) is 16.5. The minimum atomic E-state index is -0.167. The molecule has 1 atom stereocenters. The lowest BCUT2D eigenvalue weighted by Gasteiger charge is -2.33. The Kier molecular flexibility index (Phi) is 5.12. The number of halogens is 1. The van der Waals surface area contributed by atoms with Crippen LogP contribution in [0.25, 0.3) is 11.1 Å². The molecular formula is C23H26FN5. The summed E-state index contributed by atoms with van der Waals surface area (Å²) in [5.74, 6) is 2.42. The zero-order chi connectivity index (χ0) is 19.6. The number of nitrogens with one attached hydrogen (secondary N) is 1. The van der Waals surface area contributed by atoms with Crippen LogP contribution >= 0.6 is 0 Å². The Morgan fingerprint density at radius 2 is 1.83 bits per heavy atom. The normalized spacial score (nSPS) is 19.8. The molecule has 1 fully saturated rings. The van der Waals surface area contributed by atoms with Crippen LogP contribution in [0.4, 0.5) is 4.39 Å². The average Bonchev–Trinajstić information content (AvgIpc) is 3.19. The standard InChI is InChI=1S/C23H26FN5/c24-21-10-4-3-9-20(21)19-8-2-1-6-17(19)15-28-12-5-7-18(16-28)23-27-26-22-14-25-11-13-29(22)23/h1-4,6,8-10,18,25H,5,7,11-16H2/t18-/m0/s1. The molecule has 0 saturated carbocycles. The quantitative estimate of drug-likeness (QED) is 0.739. The molecule has 3 aromatic rings. The van der Waals surface area contributed by atoms with Crippen molar-refractivity contribution >= 4 is 0 Å². The van der Waals surface area contributed by atoms with Crippen molar-refractivity contribution in [3.05, 3.63) is 71.6 Å². The third-order valence-electron chi connectivity index (χ3n) is 6.10. The fraction of sp³-hybridized carbons (Fsp3) is 0.391. The van der Waals surface area contributed by atoms with Crippen molar-refractivity contribution < 1.29 is 4.39 Å². The average molecular weight is 391 g/mol. The van der Waals surface area contributed by atoms with E-state index >= 15 is 0 Å².